The van der Waals surface area contributed by atoms with E-state index < -0.39 is 0 Å². The molecule has 2 heterocycles. The molecule has 4 nitrogen and oxygen atoms in total. The van der Waals surface area contributed by atoms with Gasteiger partial charge in [-0.05, 0) is 35.1 Å². The van der Waals surface area contributed by atoms with Crippen LogP contribution in [0, 0.1) is 0 Å². The fourth-order valence-electron chi connectivity index (χ4n) is 3.79. The van der Waals surface area contributed by atoms with Crippen LogP contribution in [0.1, 0.15) is 51.3 Å². The lowest BCUT2D eigenvalue weighted by Crippen LogP contribution is -2.38. The fourth-order valence-corrected chi connectivity index (χ4v) is 4.59. The molecule has 0 spiro atoms. The van der Waals surface area contributed by atoms with E-state index in [9.17, 15) is 9.59 Å². The lowest BCUT2D eigenvalue weighted by Gasteiger charge is -2.22. The van der Waals surface area contributed by atoms with Gasteiger partial charge in [0, 0.05) is 21.7 Å². The molecule has 0 saturated heterocycles. The predicted molar refractivity (Wildman–Crippen MR) is 121 cm³/mol. The standard InChI is InChI=1S/C25H24N2O2S/c1-3-7-18-11-13-19(14-12-18)24(22-10-6-15-30-22)26-23(28)16-27-17(2)20-8-4-5-9-21(20)25(27)29/h4-6,8-15,24H,2-3,7,16H2,1H3,(H,26,28)/t24-/m1/s1. The molecule has 0 unspecified atom stereocenters. The van der Waals surface area contributed by atoms with E-state index in [2.05, 4.69) is 43.1 Å². The number of fused-ring (bicyclic) bond motifs is 1. The van der Waals surface area contributed by atoms with Crippen LogP contribution in [0.2, 0.25) is 0 Å². The van der Waals surface area contributed by atoms with Crippen molar-refractivity contribution in [1.29, 1.82) is 0 Å². The Morgan fingerprint density at radius 1 is 1.07 bits per heavy atom. The Bertz CT molecular complexity index is 1040. The molecule has 0 saturated carbocycles. The van der Waals surface area contributed by atoms with Crippen LogP contribution < -0.4 is 5.32 Å². The molecule has 2 amide bonds. The number of aryl methyl sites for hydroxylation is 1. The average molecular weight is 417 g/mol. The molecule has 30 heavy (non-hydrogen) atoms. The van der Waals surface area contributed by atoms with Gasteiger partial charge in [-0.3, -0.25) is 14.5 Å². The Labute approximate surface area is 180 Å². The first-order valence-electron chi connectivity index (χ1n) is 10.1. The van der Waals surface area contributed by atoms with Crippen molar-refractivity contribution in [2.45, 2.75) is 25.8 Å². The van der Waals surface area contributed by atoms with Crippen LogP contribution in [0.15, 0.2) is 72.6 Å². The summed E-state index contributed by atoms with van der Waals surface area (Å²) in [6, 6.07) is 19.5. The lowest BCUT2D eigenvalue weighted by atomic mass is 10.0. The Morgan fingerprint density at radius 2 is 1.80 bits per heavy atom. The monoisotopic (exact) mass is 416 g/mol. The number of nitrogens with zero attached hydrogens (tertiary/aromatic N) is 1. The van der Waals surface area contributed by atoms with Gasteiger partial charge >= 0.3 is 0 Å². The molecular formula is C25H24N2O2S. The molecule has 152 valence electrons. The van der Waals surface area contributed by atoms with Gasteiger partial charge in [-0.15, -0.1) is 11.3 Å². The van der Waals surface area contributed by atoms with Crippen LogP contribution in [0.5, 0.6) is 0 Å². The largest absolute Gasteiger partial charge is 0.343 e. The molecule has 0 radical (unpaired) electrons. The molecular weight excluding hydrogens is 392 g/mol. The average Bonchev–Trinajstić information content (AvgIpc) is 3.37. The smallest absolute Gasteiger partial charge is 0.259 e. The highest BCUT2D eigenvalue weighted by atomic mass is 32.1. The third-order valence-electron chi connectivity index (χ3n) is 5.33. The number of carbonyl (C=O) groups excluding carboxylic acids is 2. The fraction of sp³-hybridized carbons (Fsp3) is 0.200. The van der Waals surface area contributed by atoms with Crippen molar-refractivity contribution in [3.05, 3.63) is 99.8 Å². The van der Waals surface area contributed by atoms with Crippen LogP contribution in [-0.4, -0.2) is 23.3 Å². The summed E-state index contributed by atoms with van der Waals surface area (Å²) in [5, 5.41) is 5.12. The molecule has 1 aliphatic rings. The zero-order valence-corrected chi connectivity index (χ0v) is 17.7. The topological polar surface area (TPSA) is 49.4 Å². The van der Waals surface area contributed by atoms with Gasteiger partial charge in [-0.1, -0.05) is 68.5 Å². The van der Waals surface area contributed by atoms with Crippen molar-refractivity contribution < 1.29 is 9.59 Å². The highest BCUT2D eigenvalue weighted by Crippen LogP contribution is 2.31. The highest BCUT2D eigenvalue weighted by Gasteiger charge is 2.32. The summed E-state index contributed by atoms with van der Waals surface area (Å²) in [6.45, 7) is 6.13. The van der Waals surface area contributed by atoms with Crippen LogP contribution in [0.4, 0.5) is 0 Å². The van der Waals surface area contributed by atoms with Gasteiger partial charge in [-0.25, -0.2) is 0 Å². The maximum atomic E-state index is 12.9. The summed E-state index contributed by atoms with van der Waals surface area (Å²) >= 11 is 1.60. The third kappa shape index (κ3) is 3.94. The number of benzene rings is 2. The molecule has 0 fully saturated rings. The minimum absolute atomic E-state index is 0.0534. The zero-order chi connectivity index (χ0) is 21.1. The Balaban J connectivity index is 1.52. The van der Waals surface area contributed by atoms with Gasteiger partial charge in [0.05, 0.1) is 6.04 Å². The number of thiophene rings is 1. The molecule has 5 heteroatoms. The van der Waals surface area contributed by atoms with Gasteiger partial charge in [0.2, 0.25) is 5.91 Å². The first kappa shape index (κ1) is 20.1. The van der Waals surface area contributed by atoms with Crippen LogP contribution in [0.25, 0.3) is 5.70 Å². The quantitative estimate of drug-likeness (QED) is 0.587. The second-order valence-electron chi connectivity index (χ2n) is 7.39. The Hall–Kier alpha value is -3.18. The van der Waals surface area contributed by atoms with Crippen molar-refractivity contribution in [3.63, 3.8) is 0 Å². The number of hydrogen-bond donors (Lipinski definition) is 1. The van der Waals surface area contributed by atoms with Crippen molar-refractivity contribution >= 4 is 28.8 Å². The first-order valence-corrected chi connectivity index (χ1v) is 11.0. The molecule has 4 rings (SSSR count). The van der Waals surface area contributed by atoms with E-state index in [1.807, 2.05) is 35.7 Å². The van der Waals surface area contributed by atoms with Crippen LogP contribution in [-0.2, 0) is 11.2 Å². The van der Waals surface area contributed by atoms with E-state index in [4.69, 9.17) is 0 Å². The van der Waals surface area contributed by atoms with Crippen molar-refractivity contribution in [1.82, 2.24) is 10.2 Å². The second kappa shape index (κ2) is 8.67. The molecule has 3 aromatic rings. The SMILES string of the molecule is C=C1c2ccccc2C(=O)N1CC(=O)N[C@H](c1ccc(CCC)cc1)c1cccs1. The van der Waals surface area contributed by atoms with Crippen LogP contribution >= 0.6 is 11.3 Å². The minimum atomic E-state index is -0.249. The maximum absolute atomic E-state index is 12.9. The number of carbonyl (C=O) groups is 2. The van der Waals surface area contributed by atoms with Gasteiger partial charge < -0.3 is 5.32 Å². The van der Waals surface area contributed by atoms with E-state index in [0.29, 0.717) is 11.3 Å². The summed E-state index contributed by atoms with van der Waals surface area (Å²) in [5.41, 5.74) is 4.27. The van der Waals surface area contributed by atoms with Gasteiger partial charge in [-0.2, -0.15) is 0 Å². The van der Waals surface area contributed by atoms with E-state index in [0.717, 1.165) is 28.8 Å². The highest BCUT2D eigenvalue weighted by molar-refractivity contribution is 7.10. The summed E-state index contributed by atoms with van der Waals surface area (Å²) in [5.74, 6) is -0.393. The summed E-state index contributed by atoms with van der Waals surface area (Å²) in [4.78, 5) is 28.2. The molecule has 0 bridgehead atoms. The van der Waals surface area contributed by atoms with Crippen LogP contribution in [0.3, 0.4) is 0 Å². The molecule has 0 aliphatic carbocycles. The number of hydrogen-bond acceptors (Lipinski definition) is 3. The predicted octanol–water partition coefficient (Wildman–Crippen LogP) is 5.03. The van der Waals surface area contributed by atoms with E-state index in [1.165, 1.54) is 10.5 Å². The van der Waals surface area contributed by atoms with E-state index in [1.54, 1.807) is 17.4 Å². The summed E-state index contributed by atoms with van der Waals surface area (Å²) in [6.07, 6.45) is 2.14. The van der Waals surface area contributed by atoms with E-state index in [-0.39, 0.29) is 24.4 Å². The Kier molecular flexibility index (Phi) is 5.81. The molecule has 1 aliphatic heterocycles. The molecule has 1 atom stereocenters. The minimum Gasteiger partial charge on any atom is -0.343 e. The third-order valence-corrected chi connectivity index (χ3v) is 6.26. The zero-order valence-electron chi connectivity index (χ0n) is 16.9. The molecule has 1 aromatic heterocycles. The number of rotatable bonds is 7. The lowest BCUT2D eigenvalue weighted by molar-refractivity contribution is -0.121. The normalized spacial score (nSPS) is 14.0. The van der Waals surface area contributed by atoms with Gasteiger partial charge in [0.1, 0.15) is 6.54 Å². The van der Waals surface area contributed by atoms with Gasteiger partial charge in [0.25, 0.3) is 5.91 Å². The number of nitrogens with one attached hydrogen (secondary N) is 1. The Morgan fingerprint density at radius 3 is 2.43 bits per heavy atom. The maximum Gasteiger partial charge on any atom is 0.259 e. The van der Waals surface area contributed by atoms with Crippen molar-refractivity contribution in [2.75, 3.05) is 6.54 Å². The summed E-state index contributed by atoms with van der Waals surface area (Å²) in [7, 11) is 0. The molecule has 1 N–H and O–H groups in total. The summed E-state index contributed by atoms with van der Waals surface area (Å²) < 4.78 is 0. The second-order valence-corrected chi connectivity index (χ2v) is 8.37. The molecule has 2 aromatic carbocycles. The van der Waals surface area contributed by atoms with Crippen molar-refractivity contribution in [2.24, 2.45) is 0 Å². The first-order chi connectivity index (χ1) is 14.6. The van der Waals surface area contributed by atoms with Crippen molar-refractivity contribution in [3.8, 4) is 0 Å². The van der Waals surface area contributed by atoms with E-state index >= 15 is 0 Å². The van der Waals surface area contributed by atoms with Gasteiger partial charge in [0.15, 0.2) is 0 Å². The number of amides is 2.